The smallest absolute Gasteiger partial charge is 0.293 e. The van der Waals surface area contributed by atoms with Gasteiger partial charge in [0.1, 0.15) is 0 Å². The van der Waals surface area contributed by atoms with Crippen molar-refractivity contribution in [2.75, 3.05) is 0 Å². The first kappa shape index (κ1) is 11.6. The molecular weight excluding hydrogens is 240 g/mol. The molecule has 0 aliphatic carbocycles. The molecular formula is C14H14N4O. The number of fused-ring (bicyclic) bond motifs is 1. The Morgan fingerprint density at radius 1 is 1.11 bits per heavy atom. The lowest BCUT2D eigenvalue weighted by Gasteiger charge is -2.02. The van der Waals surface area contributed by atoms with Crippen molar-refractivity contribution in [2.45, 2.75) is 6.92 Å². The third-order valence-electron chi connectivity index (χ3n) is 3.31. The highest BCUT2D eigenvalue weighted by Gasteiger charge is 2.10. The maximum atomic E-state index is 11.9. The Kier molecular flexibility index (Phi) is 2.48. The van der Waals surface area contributed by atoms with Crippen molar-refractivity contribution in [3.05, 3.63) is 46.6 Å². The summed E-state index contributed by atoms with van der Waals surface area (Å²) in [6.07, 6.45) is 3.53. The van der Waals surface area contributed by atoms with Gasteiger partial charge in [0, 0.05) is 32.1 Å². The number of rotatable bonds is 1. The molecule has 5 heteroatoms. The predicted octanol–water partition coefficient (Wildman–Crippen LogP) is 1.64. The van der Waals surface area contributed by atoms with Crippen LogP contribution in [-0.4, -0.2) is 19.1 Å². The summed E-state index contributed by atoms with van der Waals surface area (Å²) >= 11 is 0. The molecule has 0 radical (unpaired) electrons. The van der Waals surface area contributed by atoms with E-state index in [0.717, 1.165) is 22.3 Å². The Morgan fingerprint density at radius 3 is 2.63 bits per heavy atom. The largest absolute Gasteiger partial charge is 0.329 e. The monoisotopic (exact) mass is 254 g/mol. The van der Waals surface area contributed by atoms with Crippen LogP contribution < -0.4 is 5.69 Å². The van der Waals surface area contributed by atoms with Gasteiger partial charge >= 0.3 is 5.69 Å². The average Bonchev–Trinajstić information content (AvgIpc) is 2.64. The topological polar surface area (TPSA) is 52.7 Å². The van der Waals surface area contributed by atoms with Crippen LogP contribution >= 0.6 is 0 Å². The second-order valence-electron chi connectivity index (χ2n) is 4.69. The van der Waals surface area contributed by atoms with Crippen molar-refractivity contribution in [1.29, 1.82) is 0 Å². The Labute approximate surface area is 110 Å². The normalized spacial score (nSPS) is 11.1. The summed E-state index contributed by atoms with van der Waals surface area (Å²) in [6.45, 7) is 2.02. The van der Waals surface area contributed by atoms with Crippen molar-refractivity contribution in [3.63, 3.8) is 0 Å². The molecule has 5 nitrogen and oxygen atoms in total. The summed E-state index contributed by atoms with van der Waals surface area (Å²) < 4.78 is 3.14. The van der Waals surface area contributed by atoms with Crippen molar-refractivity contribution in [2.24, 2.45) is 14.1 Å². The molecule has 0 amide bonds. The van der Waals surface area contributed by atoms with Gasteiger partial charge in [0.25, 0.3) is 0 Å². The number of imidazole rings is 1. The van der Waals surface area contributed by atoms with Gasteiger partial charge in [0.15, 0.2) is 5.65 Å². The first-order chi connectivity index (χ1) is 9.08. The van der Waals surface area contributed by atoms with Gasteiger partial charge in [0.05, 0.1) is 11.2 Å². The molecule has 0 aliphatic rings. The van der Waals surface area contributed by atoms with E-state index in [9.17, 15) is 4.79 Å². The van der Waals surface area contributed by atoms with Crippen LogP contribution in [0.4, 0.5) is 0 Å². The minimum absolute atomic E-state index is 0.0724. The first-order valence-corrected chi connectivity index (χ1v) is 6.02. The zero-order chi connectivity index (χ0) is 13.6. The van der Waals surface area contributed by atoms with Crippen LogP contribution in [0, 0.1) is 6.92 Å². The molecule has 0 fully saturated rings. The minimum Gasteiger partial charge on any atom is -0.293 e. The number of pyridine rings is 2. The molecule has 0 aliphatic heterocycles. The second kappa shape index (κ2) is 4.05. The van der Waals surface area contributed by atoms with E-state index in [0.29, 0.717) is 5.65 Å². The van der Waals surface area contributed by atoms with E-state index < -0.39 is 0 Å². The van der Waals surface area contributed by atoms with Gasteiger partial charge in [-0.05, 0) is 30.7 Å². The third kappa shape index (κ3) is 1.74. The lowest BCUT2D eigenvalue weighted by Crippen LogP contribution is -2.19. The van der Waals surface area contributed by atoms with Crippen molar-refractivity contribution in [3.8, 4) is 11.3 Å². The fraction of sp³-hybridized carbons (Fsp3) is 0.214. The molecule has 96 valence electrons. The lowest BCUT2D eigenvalue weighted by atomic mass is 10.1. The van der Waals surface area contributed by atoms with E-state index >= 15 is 0 Å². The Balaban J connectivity index is 2.28. The Morgan fingerprint density at radius 2 is 1.89 bits per heavy atom. The Bertz CT molecular complexity index is 829. The van der Waals surface area contributed by atoms with E-state index in [4.69, 9.17) is 0 Å². The molecule has 3 heterocycles. The van der Waals surface area contributed by atoms with E-state index in [1.807, 2.05) is 25.1 Å². The molecule has 0 atom stereocenters. The SMILES string of the molecule is Cc1ccnc(-c2cnc3c(c2)n(C)c(=O)n3C)c1. The molecule has 3 rings (SSSR count). The molecule has 3 aromatic heterocycles. The number of aromatic nitrogens is 4. The highest BCUT2D eigenvalue weighted by molar-refractivity contribution is 5.77. The number of nitrogens with zero attached hydrogens (tertiary/aromatic N) is 4. The zero-order valence-corrected chi connectivity index (χ0v) is 11.1. The third-order valence-corrected chi connectivity index (χ3v) is 3.31. The van der Waals surface area contributed by atoms with Crippen LogP contribution in [0.5, 0.6) is 0 Å². The first-order valence-electron chi connectivity index (χ1n) is 6.02. The molecule has 3 aromatic rings. The molecule has 0 saturated heterocycles. The maximum Gasteiger partial charge on any atom is 0.329 e. The summed E-state index contributed by atoms with van der Waals surface area (Å²) in [5.74, 6) is 0. The van der Waals surface area contributed by atoms with Crippen molar-refractivity contribution < 1.29 is 0 Å². The summed E-state index contributed by atoms with van der Waals surface area (Å²) in [5, 5.41) is 0. The summed E-state index contributed by atoms with van der Waals surface area (Å²) in [6, 6.07) is 5.91. The van der Waals surface area contributed by atoms with Crippen molar-refractivity contribution in [1.82, 2.24) is 19.1 Å². The summed E-state index contributed by atoms with van der Waals surface area (Å²) in [7, 11) is 3.47. The summed E-state index contributed by atoms with van der Waals surface area (Å²) in [4.78, 5) is 20.6. The van der Waals surface area contributed by atoms with E-state index in [-0.39, 0.29) is 5.69 Å². The number of hydrogen-bond acceptors (Lipinski definition) is 3. The molecule has 0 bridgehead atoms. The van der Waals surface area contributed by atoms with Crippen LogP contribution in [0.25, 0.3) is 22.4 Å². The van der Waals surface area contributed by atoms with Crippen LogP contribution in [0.15, 0.2) is 35.4 Å². The number of hydrogen-bond donors (Lipinski definition) is 0. The molecule has 19 heavy (non-hydrogen) atoms. The fourth-order valence-electron chi connectivity index (χ4n) is 2.20. The van der Waals surface area contributed by atoms with Crippen LogP contribution in [0.3, 0.4) is 0 Å². The van der Waals surface area contributed by atoms with Crippen LogP contribution in [-0.2, 0) is 14.1 Å². The molecule has 0 unspecified atom stereocenters. The van der Waals surface area contributed by atoms with Gasteiger partial charge < -0.3 is 0 Å². The van der Waals surface area contributed by atoms with Gasteiger partial charge in [-0.15, -0.1) is 0 Å². The zero-order valence-electron chi connectivity index (χ0n) is 11.1. The van der Waals surface area contributed by atoms with E-state index in [1.165, 1.54) is 0 Å². The quantitative estimate of drug-likeness (QED) is 0.663. The minimum atomic E-state index is -0.0724. The van der Waals surface area contributed by atoms with Crippen molar-refractivity contribution >= 4 is 11.2 Å². The highest BCUT2D eigenvalue weighted by Crippen LogP contribution is 2.20. The van der Waals surface area contributed by atoms with Crippen LogP contribution in [0.1, 0.15) is 5.56 Å². The Hall–Kier alpha value is -2.43. The lowest BCUT2D eigenvalue weighted by molar-refractivity contribution is 0.791. The maximum absolute atomic E-state index is 11.9. The highest BCUT2D eigenvalue weighted by atomic mass is 16.1. The average molecular weight is 254 g/mol. The summed E-state index contributed by atoms with van der Waals surface area (Å²) in [5.41, 5.74) is 4.35. The molecule has 0 aromatic carbocycles. The van der Waals surface area contributed by atoms with Gasteiger partial charge in [0.2, 0.25) is 0 Å². The standard InChI is InChI=1S/C14H14N4O/c1-9-4-5-15-11(6-9)10-7-12-13(16-8-10)18(3)14(19)17(12)2/h4-8H,1-3H3. The van der Waals surface area contributed by atoms with E-state index in [1.54, 1.807) is 35.6 Å². The van der Waals surface area contributed by atoms with Gasteiger partial charge in [-0.2, -0.15) is 0 Å². The fourth-order valence-corrected chi connectivity index (χ4v) is 2.20. The van der Waals surface area contributed by atoms with E-state index in [2.05, 4.69) is 9.97 Å². The van der Waals surface area contributed by atoms with Gasteiger partial charge in [-0.3, -0.25) is 14.1 Å². The second-order valence-corrected chi connectivity index (χ2v) is 4.69. The number of aryl methyl sites for hydroxylation is 3. The van der Waals surface area contributed by atoms with Crippen LogP contribution in [0.2, 0.25) is 0 Å². The molecule has 0 spiro atoms. The molecule has 0 N–H and O–H groups in total. The van der Waals surface area contributed by atoms with Gasteiger partial charge in [-0.25, -0.2) is 9.78 Å². The molecule has 0 saturated carbocycles. The van der Waals surface area contributed by atoms with Gasteiger partial charge in [-0.1, -0.05) is 0 Å². The predicted molar refractivity (Wildman–Crippen MR) is 73.9 cm³/mol.